The van der Waals surface area contributed by atoms with E-state index in [9.17, 15) is 9.59 Å². The summed E-state index contributed by atoms with van der Waals surface area (Å²) in [5, 5.41) is 16.3. The number of rotatable bonds is 3. The Morgan fingerprint density at radius 1 is 1.53 bits per heavy atom. The molecular formula is C10H10N4O3. The van der Waals surface area contributed by atoms with Gasteiger partial charge in [-0.2, -0.15) is 0 Å². The van der Waals surface area contributed by atoms with E-state index in [1.165, 1.54) is 21.5 Å². The van der Waals surface area contributed by atoms with Gasteiger partial charge in [0.25, 0.3) is 5.56 Å². The second kappa shape index (κ2) is 4.20. The van der Waals surface area contributed by atoms with E-state index in [4.69, 9.17) is 5.11 Å². The molecule has 0 aliphatic carbocycles. The molecule has 0 saturated carbocycles. The van der Waals surface area contributed by atoms with Gasteiger partial charge in [-0.3, -0.25) is 9.48 Å². The Balaban J connectivity index is 2.28. The Hall–Kier alpha value is -2.44. The van der Waals surface area contributed by atoms with Gasteiger partial charge in [0.15, 0.2) is 0 Å². The van der Waals surface area contributed by atoms with Crippen molar-refractivity contribution in [1.29, 1.82) is 0 Å². The van der Waals surface area contributed by atoms with Gasteiger partial charge < -0.3 is 9.67 Å². The van der Waals surface area contributed by atoms with E-state index < -0.39 is 5.97 Å². The second-order valence-corrected chi connectivity index (χ2v) is 3.57. The number of aryl methyl sites for hydroxylation is 1. The Labute approximate surface area is 95.9 Å². The van der Waals surface area contributed by atoms with Gasteiger partial charge in [0, 0.05) is 25.5 Å². The fourth-order valence-corrected chi connectivity index (χ4v) is 1.41. The van der Waals surface area contributed by atoms with E-state index in [0.717, 1.165) is 6.07 Å². The summed E-state index contributed by atoms with van der Waals surface area (Å²) in [6.45, 7) is 0.270. The van der Waals surface area contributed by atoms with Crippen LogP contribution < -0.4 is 5.56 Å². The number of carboxylic acids is 1. The number of pyridine rings is 1. The third-order valence-corrected chi connectivity index (χ3v) is 2.23. The maximum atomic E-state index is 11.6. The summed E-state index contributed by atoms with van der Waals surface area (Å²) in [6.07, 6.45) is 3.12. The fraction of sp³-hybridized carbons (Fsp3) is 0.200. The van der Waals surface area contributed by atoms with Crippen LogP contribution >= 0.6 is 0 Å². The number of hydrogen-bond donors (Lipinski definition) is 1. The molecule has 0 atom stereocenters. The SMILES string of the molecule is Cn1cc(Cn2ccc(C(=O)O)cc2=O)nn1. The Morgan fingerprint density at radius 2 is 2.29 bits per heavy atom. The molecular weight excluding hydrogens is 224 g/mol. The highest BCUT2D eigenvalue weighted by atomic mass is 16.4. The van der Waals surface area contributed by atoms with E-state index in [1.54, 1.807) is 13.2 Å². The molecule has 0 fully saturated rings. The molecule has 1 N–H and O–H groups in total. The van der Waals surface area contributed by atoms with Crippen molar-refractivity contribution < 1.29 is 9.90 Å². The molecule has 7 nitrogen and oxygen atoms in total. The van der Waals surface area contributed by atoms with Gasteiger partial charge in [-0.1, -0.05) is 5.21 Å². The molecule has 2 aromatic heterocycles. The molecule has 2 heterocycles. The smallest absolute Gasteiger partial charge is 0.335 e. The van der Waals surface area contributed by atoms with Crippen LogP contribution in [0.1, 0.15) is 16.1 Å². The first-order chi connectivity index (χ1) is 8.06. The van der Waals surface area contributed by atoms with Crippen LogP contribution in [0.25, 0.3) is 0 Å². The Kier molecular flexibility index (Phi) is 2.73. The largest absolute Gasteiger partial charge is 0.478 e. The summed E-state index contributed by atoms with van der Waals surface area (Å²) in [7, 11) is 1.73. The van der Waals surface area contributed by atoms with Crippen molar-refractivity contribution >= 4 is 5.97 Å². The first kappa shape index (κ1) is 11.1. The summed E-state index contributed by atoms with van der Waals surface area (Å²) < 4.78 is 2.91. The van der Waals surface area contributed by atoms with Crippen molar-refractivity contribution in [2.24, 2.45) is 7.05 Å². The second-order valence-electron chi connectivity index (χ2n) is 3.57. The van der Waals surface area contributed by atoms with Crippen LogP contribution in [0.4, 0.5) is 0 Å². The number of carbonyl (C=O) groups is 1. The lowest BCUT2D eigenvalue weighted by molar-refractivity contribution is 0.0696. The van der Waals surface area contributed by atoms with Crippen LogP contribution in [0.3, 0.4) is 0 Å². The highest BCUT2D eigenvalue weighted by Gasteiger charge is 2.06. The van der Waals surface area contributed by atoms with Crippen molar-refractivity contribution in [1.82, 2.24) is 19.6 Å². The van der Waals surface area contributed by atoms with Gasteiger partial charge in [0.2, 0.25) is 0 Å². The van der Waals surface area contributed by atoms with E-state index >= 15 is 0 Å². The van der Waals surface area contributed by atoms with Crippen molar-refractivity contribution in [3.8, 4) is 0 Å². The van der Waals surface area contributed by atoms with Gasteiger partial charge in [0.05, 0.1) is 12.1 Å². The quantitative estimate of drug-likeness (QED) is 0.789. The summed E-state index contributed by atoms with van der Waals surface area (Å²) >= 11 is 0. The van der Waals surface area contributed by atoms with Crippen LogP contribution in [0.15, 0.2) is 29.3 Å². The molecule has 0 aromatic carbocycles. The van der Waals surface area contributed by atoms with Gasteiger partial charge in [0.1, 0.15) is 5.69 Å². The lowest BCUT2D eigenvalue weighted by atomic mass is 10.2. The van der Waals surface area contributed by atoms with E-state index in [1.807, 2.05) is 0 Å². The predicted octanol–water partition coefficient (Wildman–Crippen LogP) is -0.277. The fourth-order valence-electron chi connectivity index (χ4n) is 1.41. The van der Waals surface area contributed by atoms with Crippen molar-refractivity contribution in [2.45, 2.75) is 6.54 Å². The normalized spacial score (nSPS) is 10.4. The molecule has 0 aliphatic heterocycles. The van der Waals surface area contributed by atoms with Crippen molar-refractivity contribution in [3.63, 3.8) is 0 Å². The molecule has 0 bridgehead atoms. The zero-order valence-corrected chi connectivity index (χ0v) is 9.07. The Bertz CT molecular complexity index is 614. The minimum absolute atomic E-state index is 0.0228. The summed E-state index contributed by atoms with van der Waals surface area (Å²) in [5.41, 5.74) is 0.235. The number of nitrogens with zero attached hydrogens (tertiary/aromatic N) is 4. The molecule has 0 saturated heterocycles. The molecule has 0 radical (unpaired) electrons. The lowest BCUT2D eigenvalue weighted by Gasteiger charge is -2.02. The first-order valence-electron chi connectivity index (χ1n) is 4.85. The van der Waals surface area contributed by atoms with E-state index in [0.29, 0.717) is 5.69 Å². The van der Waals surface area contributed by atoms with Crippen LogP contribution in [-0.2, 0) is 13.6 Å². The molecule has 0 aliphatic rings. The molecule has 2 rings (SSSR count). The number of aromatic carboxylic acids is 1. The number of hydrogen-bond acceptors (Lipinski definition) is 4. The molecule has 7 heteroatoms. The predicted molar refractivity (Wildman–Crippen MR) is 57.8 cm³/mol. The van der Waals surface area contributed by atoms with Crippen molar-refractivity contribution in [2.75, 3.05) is 0 Å². The van der Waals surface area contributed by atoms with Gasteiger partial charge in [-0.05, 0) is 6.07 Å². The van der Waals surface area contributed by atoms with Gasteiger partial charge >= 0.3 is 5.97 Å². The number of carboxylic acid groups (broad SMARTS) is 1. The zero-order valence-electron chi connectivity index (χ0n) is 9.07. The summed E-state index contributed by atoms with van der Waals surface area (Å²) in [6, 6.07) is 2.46. The molecule has 17 heavy (non-hydrogen) atoms. The average molecular weight is 234 g/mol. The van der Waals surface area contributed by atoms with Gasteiger partial charge in [-0.25, -0.2) is 4.79 Å². The highest BCUT2D eigenvalue weighted by molar-refractivity contribution is 5.87. The molecule has 88 valence electrons. The zero-order chi connectivity index (χ0) is 12.4. The minimum atomic E-state index is -1.12. The monoisotopic (exact) mass is 234 g/mol. The summed E-state index contributed by atoms with van der Waals surface area (Å²) in [5.74, 6) is -1.12. The van der Waals surface area contributed by atoms with Gasteiger partial charge in [-0.15, -0.1) is 5.10 Å². The van der Waals surface area contributed by atoms with Crippen LogP contribution in [0, 0.1) is 0 Å². The number of aromatic nitrogens is 4. The third-order valence-electron chi connectivity index (χ3n) is 2.23. The Morgan fingerprint density at radius 3 is 2.82 bits per heavy atom. The van der Waals surface area contributed by atoms with E-state index in [-0.39, 0.29) is 17.7 Å². The topological polar surface area (TPSA) is 90.0 Å². The summed E-state index contributed by atoms with van der Waals surface area (Å²) in [4.78, 5) is 22.3. The highest BCUT2D eigenvalue weighted by Crippen LogP contribution is 1.98. The van der Waals surface area contributed by atoms with Crippen molar-refractivity contribution in [3.05, 3.63) is 46.1 Å². The van der Waals surface area contributed by atoms with Crippen LogP contribution in [0.5, 0.6) is 0 Å². The maximum absolute atomic E-state index is 11.6. The third kappa shape index (κ3) is 2.39. The molecule has 2 aromatic rings. The average Bonchev–Trinajstić information content (AvgIpc) is 2.67. The maximum Gasteiger partial charge on any atom is 0.335 e. The van der Waals surface area contributed by atoms with E-state index in [2.05, 4.69) is 10.3 Å². The minimum Gasteiger partial charge on any atom is -0.478 e. The van der Waals surface area contributed by atoms with Crippen LogP contribution in [-0.4, -0.2) is 30.6 Å². The van der Waals surface area contributed by atoms with Crippen LogP contribution in [0.2, 0.25) is 0 Å². The lowest BCUT2D eigenvalue weighted by Crippen LogP contribution is -2.21. The molecule has 0 amide bonds. The molecule has 0 unspecified atom stereocenters. The first-order valence-corrected chi connectivity index (χ1v) is 4.85. The molecule has 0 spiro atoms. The standard InChI is InChI=1S/C10H10N4O3/c1-13-5-8(11-12-13)6-14-3-2-7(10(16)17)4-9(14)15/h2-5H,6H2,1H3,(H,16,17).